The molecule has 1 aliphatic rings. The van der Waals surface area contributed by atoms with Gasteiger partial charge in [0.05, 0.1) is 17.6 Å². The Kier molecular flexibility index (Phi) is 7.35. The summed E-state index contributed by atoms with van der Waals surface area (Å²) in [5.41, 5.74) is 4.06. The van der Waals surface area contributed by atoms with Crippen LogP contribution in [0.1, 0.15) is 53.2 Å². The number of carbonyl (C=O) groups excluding carboxylic acids is 1. The van der Waals surface area contributed by atoms with E-state index in [4.69, 9.17) is 8.92 Å². The summed E-state index contributed by atoms with van der Waals surface area (Å²) in [6.45, 7) is 2.65. The minimum Gasteiger partial charge on any atom is -0.457 e. The molecule has 0 aromatic heterocycles. The van der Waals surface area contributed by atoms with Gasteiger partial charge in [-0.3, -0.25) is 8.98 Å². The van der Waals surface area contributed by atoms with Crippen LogP contribution < -0.4 is 0 Å². The third-order valence-corrected chi connectivity index (χ3v) is 7.46. The normalized spacial score (nSPS) is 18.2. The van der Waals surface area contributed by atoms with Crippen LogP contribution in [0.5, 0.6) is 0 Å². The Bertz CT molecular complexity index is 1320. The van der Waals surface area contributed by atoms with E-state index in [1.807, 2.05) is 31.2 Å². The van der Waals surface area contributed by atoms with E-state index in [2.05, 4.69) is 0 Å². The Balaban J connectivity index is 1.62. The molecule has 0 heterocycles. The number of ether oxygens (including phenoxy) is 1. The molecule has 0 unspecified atom stereocenters. The number of benzene rings is 3. The van der Waals surface area contributed by atoms with Crippen LogP contribution in [-0.4, -0.2) is 32.2 Å². The zero-order chi connectivity index (χ0) is 25.2. The zero-order valence-corrected chi connectivity index (χ0v) is 20.3. The first kappa shape index (κ1) is 25.0. The molecule has 0 aliphatic heterocycles. The highest BCUT2D eigenvalue weighted by molar-refractivity contribution is 7.86. The Morgan fingerprint density at radius 1 is 1.06 bits per heavy atom. The molecule has 0 fully saturated rings. The van der Waals surface area contributed by atoms with Crippen molar-refractivity contribution in [3.8, 4) is 0 Å². The van der Waals surface area contributed by atoms with Gasteiger partial charge in [-0.15, -0.1) is 0 Å². The minimum atomic E-state index is -4.06. The van der Waals surface area contributed by atoms with Crippen molar-refractivity contribution >= 4 is 16.1 Å². The molecule has 3 aromatic carbocycles. The van der Waals surface area contributed by atoms with Gasteiger partial charge < -0.3 is 9.84 Å². The summed E-state index contributed by atoms with van der Waals surface area (Å²) < 4.78 is 50.1. The largest absolute Gasteiger partial charge is 0.457 e. The van der Waals surface area contributed by atoms with Gasteiger partial charge in [0.1, 0.15) is 11.9 Å². The molecule has 3 atom stereocenters. The van der Waals surface area contributed by atoms with Crippen LogP contribution >= 0.6 is 0 Å². The van der Waals surface area contributed by atoms with Crippen molar-refractivity contribution in [3.05, 3.63) is 100 Å². The SMILES string of the molecule is CC(=O)O[C@@H]1c2cc(F)ccc2Cc2ccccc2[C@@H]1C[C@@H](O)COS(=O)(=O)c1ccc(C)cc1. The first-order valence-electron chi connectivity index (χ1n) is 11.3. The van der Waals surface area contributed by atoms with Crippen molar-refractivity contribution in [2.45, 2.75) is 49.7 Å². The lowest BCUT2D eigenvalue weighted by Crippen LogP contribution is -2.26. The fourth-order valence-corrected chi connectivity index (χ4v) is 5.45. The third kappa shape index (κ3) is 5.78. The van der Waals surface area contributed by atoms with Crippen molar-refractivity contribution < 1.29 is 31.6 Å². The second-order valence-corrected chi connectivity index (χ2v) is 10.4. The summed E-state index contributed by atoms with van der Waals surface area (Å²) in [6, 6.07) is 18.2. The van der Waals surface area contributed by atoms with Crippen molar-refractivity contribution in [1.29, 1.82) is 0 Å². The summed E-state index contributed by atoms with van der Waals surface area (Å²) in [4.78, 5) is 12.0. The monoisotopic (exact) mass is 498 g/mol. The Labute approximate surface area is 204 Å². The van der Waals surface area contributed by atoms with E-state index in [0.717, 1.165) is 22.3 Å². The standard InChI is InChI=1S/C27H27FO6S/c1-17-7-11-23(12-8-17)35(31,32)33-16-22(30)15-26-24-6-4-3-5-19(24)13-20-9-10-21(28)14-25(20)27(26)34-18(2)29/h3-12,14,22,26-27,30H,13,15-16H2,1-2H3/t22-,26+,27-/m1/s1. The lowest BCUT2D eigenvalue weighted by molar-refractivity contribution is -0.148. The van der Waals surface area contributed by atoms with E-state index in [-0.39, 0.29) is 11.3 Å². The number of carbonyl (C=O) groups is 1. The molecule has 1 aliphatic carbocycles. The molecule has 0 saturated heterocycles. The molecule has 4 rings (SSSR count). The summed E-state index contributed by atoms with van der Waals surface area (Å²) in [5.74, 6) is -1.54. The van der Waals surface area contributed by atoms with Crippen LogP contribution in [0.4, 0.5) is 4.39 Å². The molecule has 0 bridgehead atoms. The lowest BCUT2D eigenvalue weighted by Gasteiger charge is -2.29. The van der Waals surface area contributed by atoms with Crippen molar-refractivity contribution in [1.82, 2.24) is 0 Å². The van der Waals surface area contributed by atoms with Gasteiger partial charge in [-0.1, -0.05) is 48.0 Å². The van der Waals surface area contributed by atoms with Gasteiger partial charge in [-0.25, -0.2) is 4.39 Å². The summed E-state index contributed by atoms with van der Waals surface area (Å²) in [5, 5.41) is 10.8. The maximum atomic E-state index is 14.2. The van der Waals surface area contributed by atoms with Gasteiger partial charge in [0.25, 0.3) is 10.1 Å². The molecule has 0 spiro atoms. The average molecular weight is 499 g/mol. The topological polar surface area (TPSA) is 89.9 Å². The summed E-state index contributed by atoms with van der Waals surface area (Å²) >= 11 is 0. The van der Waals surface area contributed by atoms with Crippen LogP contribution in [0.15, 0.2) is 71.6 Å². The van der Waals surface area contributed by atoms with Crippen LogP contribution in [0.3, 0.4) is 0 Å². The first-order chi connectivity index (χ1) is 16.6. The quantitative estimate of drug-likeness (QED) is 0.379. The highest BCUT2D eigenvalue weighted by Gasteiger charge is 2.35. The van der Waals surface area contributed by atoms with Crippen molar-refractivity contribution in [2.75, 3.05) is 6.61 Å². The Hall–Kier alpha value is -3.07. The number of fused-ring (bicyclic) bond motifs is 2. The Morgan fingerprint density at radius 3 is 2.46 bits per heavy atom. The predicted molar refractivity (Wildman–Crippen MR) is 128 cm³/mol. The van der Waals surface area contributed by atoms with E-state index >= 15 is 0 Å². The molecule has 184 valence electrons. The fraction of sp³-hybridized carbons (Fsp3) is 0.296. The molecular weight excluding hydrogens is 471 g/mol. The number of aryl methyl sites for hydroxylation is 1. The average Bonchev–Trinajstić information content (AvgIpc) is 2.93. The first-order valence-corrected chi connectivity index (χ1v) is 12.7. The number of halogens is 1. The molecule has 1 N–H and O–H groups in total. The van der Waals surface area contributed by atoms with Gasteiger partial charge >= 0.3 is 5.97 Å². The highest BCUT2D eigenvalue weighted by atomic mass is 32.2. The summed E-state index contributed by atoms with van der Waals surface area (Å²) in [6.07, 6.45) is -1.50. The molecule has 0 radical (unpaired) electrons. The van der Waals surface area contributed by atoms with E-state index in [0.29, 0.717) is 12.0 Å². The van der Waals surface area contributed by atoms with Gasteiger partial charge in [-0.05, 0) is 66.3 Å². The lowest BCUT2D eigenvalue weighted by atomic mass is 9.84. The van der Waals surface area contributed by atoms with Gasteiger partial charge in [-0.2, -0.15) is 8.42 Å². The van der Waals surface area contributed by atoms with E-state index in [1.54, 1.807) is 18.2 Å². The van der Waals surface area contributed by atoms with E-state index in [9.17, 15) is 22.7 Å². The molecule has 0 amide bonds. The number of aliphatic hydroxyl groups excluding tert-OH is 1. The molecular formula is C27H27FO6S. The second-order valence-electron chi connectivity index (χ2n) is 8.80. The molecule has 35 heavy (non-hydrogen) atoms. The van der Waals surface area contributed by atoms with Crippen LogP contribution in [0.2, 0.25) is 0 Å². The molecule has 0 saturated carbocycles. The van der Waals surface area contributed by atoms with Gasteiger partial charge in [0, 0.05) is 12.8 Å². The highest BCUT2D eigenvalue weighted by Crippen LogP contribution is 2.44. The fourth-order valence-electron chi connectivity index (χ4n) is 4.51. The minimum absolute atomic E-state index is 0.00250. The molecule has 8 heteroatoms. The maximum Gasteiger partial charge on any atom is 0.303 e. The second kappa shape index (κ2) is 10.3. The number of esters is 1. The van der Waals surface area contributed by atoms with Gasteiger partial charge in [0.2, 0.25) is 0 Å². The predicted octanol–water partition coefficient (Wildman–Crippen LogP) is 4.58. The van der Waals surface area contributed by atoms with Crippen LogP contribution in [0, 0.1) is 12.7 Å². The maximum absolute atomic E-state index is 14.2. The molecule has 6 nitrogen and oxygen atoms in total. The molecule has 3 aromatic rings. The number of hydrogen-bond acceptors (Lipinski definition) is 6. The number of aliphatic hydroxyl groups is 1. The van der Waals surface area contributed by atoms with E-state index < -0.39 is 46.6 Å². The number of rotatable bonds is 7. The summed E-state index contributed by atoms with van der Waals surface area (Å²) in [7, 11) is -4.06. The van der Waals surface area contributed by atoms with E-state index in [1.165, 1.54) is 31.2 Å². The third-order valence-electron chi connectivity index (χ3n) is 6.16. The smallest absolute Gasteiger partial charge is 0.303 e. The zero-order valence-electron chi connectivity index (χ0n) is 19.5. The van der Waals surface area contributed by atoms with Crippen molar-refractivity contribution in [2.24, 2.45) is 0 Å². The van der Waals surface area contributed by atoms with Crippen LogP contribution in [-0.2, 0) is 30.3 Å². The number of hydrogen-bond donors (Lipinski definition) is 1. The van der Waals surface area contributed by atoms with Crippen LogP contribution in [0.25, 0.3) is 0 Å². The van der Waals surface area contributed by atoms with Gasteiger partial charge in [0.15, 0.2) is 0 Å². The van der Waals surface area contributed by atoms with Crippen molar-refractivity contribution in [3.63, 3.8) is 0 Å². The Morgan fingerprint density at radius 2 is 1.74 bits per heavy atom.